The van der Waals surface area contributed by atoms with Gasteiger partial charge in [-0.15, -0.1) is 0 Å². The fourth-order valence-electron chi connectivity index (χ4n) is 2.77. The molecule has 1 fully saturated rings. The van der Waals surface area contributed by atoms with Crippen molar-refractivity contribution >= 4 is 15.9 Å². The third-order valence-corrected chi connectivity index (χ3v) is 4.51. The van der Waals surface area contributed by atoms with E-state index in [1.807, 2.05) is 13.1 Å². The largest absolute Gasteiger partial charge is 0.374 e. The molecule has 1 heterocycles. The van der Waals surface area contributed by atoms with Gasteiger partial charge in [0.2, 0.25) is 0 Å². The molecule has 2 nitrogen and oxygen atoms in total. The van der Waals surface area contributed by atoms with Crippen molar-refractivity contribution in [2.75, 3.05) is 13.7 Å². The van der Waals surface area contributed by atoms with Gasteiger partial charge in [-0.25, -0.2) is 4.39 Å². The number of ether oxygens (including phenoxy) is 1. The molecule has 1 N–H and O–H groups in total. The highest BCUT2D eigenvalue weighted by atomic mass is 79.9. The highest BCUT2D eigenvalue weighted by Crippen LogP contribution is 2.30. The number of likely N-dealkylation sites (N-methyl/N-ethyl adjacent to an activating group) is 1. The van der Waals surface area contributed by atoms with Crippen molar-refractivity contribution in [1.82, 2.24) is 5.32 Å². The average molecular weight is 330 g/mol. The minimum atomic E-state index is -0.207. The molecule has 0 amide bonds. The lowest BCUT2D eigenvalue weighted by Gasteiger charge is -2.40. The number of nitrogens with one attached hydrogen (secondary N) is 1. The van der Waals surface area contributed by atoms with Crippen molar-refractivity contribution in [1.29, 1.82) is 0 Å². The lowest BCUT2D eigenvalue weighted by molar-refractivity contribution is -0.0871. The van der Waals surface area contributed by atoms with E-state index < -0.39 is 0 Å². The maximum Gasteiger partial charge on any atom is 0.126 e. The Labute approximate surface area is 122 Å². The number of rotatable bonds is 4. The summed E-state index contributed by atoms with van der Waals surface area (Å²) < 4.78 is 20.7. The summed E-state index contributed by atoms with van der Waals surface area (Å²) >= 11 is 3.40. The van der Waals surface area contributed by atoms with Crippen LogP contribution in [-0.4, -0.2) is 25.3 Å². The van der Waals surface area contributed by atoms with Gasteiger partial charge >= 0.3 is 0 Å². The predicted molar refractivity (Wildman–Crippen MR) is 78.9 cm³/mol. The van der Waals surface area contributed by atoms with Gasteiger partial charge in [-0.05, 0) is 63.4 Å². The Morgan fingerprint density at radius 3 is 2.89 bits per heavy atom. The monoisotopic (exact) mass is 329 g/mol. The summed E-state index contributed by atoms with van der Waals surface area (Å²) in [7, 11) is 1.92. The molecule has 0 spiro atoms. The second kappa shape index (κ2) is 6.33. The Balaban J connectivity index is 2.16. The van der Waals surface area contributed by atoms with E-state index in [2.05, 4.69) is 28.2 Å². The van der Waals surface area contributed by atoms with Crippen molar-refractivity contribution in [3.05, 3.63) is 34.1 Å². The summed E-state index contributed by atoms with van der Waals surface area (Å²) in [6.07, 6.45) is 3.96. The SMILES string of the molecule is CNC(Cc1cc(Br)ccc1F)C1(C)CCCCO1. The van der Waals surface area contributed by atoms with Crippen LogP contribution in [0.3, 0.4) is 0 Å². The molecular weight excluding hydrogens is 309 g/mol. The molecule has 2 unspecified atom stereocenters. The fraction of sp³-hybridized carbons (Fsp3) is 0.600. The van der Waals surface area contributed by atoms with Crippen LogP contribution in [0.5, 0.6) is 0 Å². The van der Waals surface area contributed by atoms with Crippen molar-refractivity contribution in [2.24, 2.45) is 0 Å². The molecule has 0 radical (unpaired) electrons. The molecular formula is C15H21BrFNO. The predicted octanol–water partition coefficient (Wildman–Crippen LogP) is 3.68. The number of benzene rings is 1. The average Bonchev–Trinajstić information content (AvgIpc) is 2.40. The second-order valence-corrected chi connectivity index (χ2v) is 6.32. The van der Waals surface area contributed by atoms with Crippen LogP contribution in [0.2, 0.25) is 0 Å². The Morgan fingerprint density at radius 2 is 2.26 bits per heavy atom. The molecule has 19 heavy (non-hydrogen) atoms. The summed E-state index contributed by atoms with van der Waals surface area (Å²) in [5.74, 6) is -0.150. The van der Waals surface area contributed by atoms with Crippen LogP contribution in [0.25, 0.3) is 0 Å². The van der Waals surface area contributed by atoms with Crippen molar-refractivity contribution in [2.45, 2.75) is 44.2 Å². The van der Waals surface area contributed by atoms with Crippen LogP contribution in [0.4, 0.5) is 4.39 Å². The summed E-state index contributed by atoms with van der Waals surface area (Å²) in [6.45, 7) is 2.93. The summed E-state index contributed by atoms with van der Waals surface area (Å²) in [4.78, 5) is 0. The molecule has 2 atom stereocenters. The summed E-state index contributed by atoms with van der Waals surface area (Å²) in [6, 6.07) is 5.21. The van der Waals surface area contributed by atoms with Gasteiger partial charge in [0.25, 0.3) is 0 Å². The summed E-state index contributed by atoms with van der Waals surface area (Å²) in [5.41, 5.74) is 0.519. The van der Waals surface area contributed by atoms with Crippen LogP contribution < -0.4 is 5.32 Å². The molecule has 1 aliphatic heterocycles. The van der Waals surface area contributed by atoms with E-state index in [9.17, 15) is 4.39 Å². The number of hydrogen-bond donors (Lipinski definition) is 1. The minimum Gasteiger partial charge on any atom is -0.374 e. The first kappa shape index (κ1) is 14.9. The van der Waals surface area contributed by atoms with Gasteiger partial charge in [0.1, 0.15) is 5.82 Å². The van der Waals surface area contributed by atoms with Gasteiger partial charge in [0.15, 0.2) is 0 Å². The fourth-order valence-corrected chi connectivity index (χ4v) is 3.18. The van der Waals surface area contributed by atoms with Crippen LogP contribution in [0, 0.1) is 5.82 Å². The van der Waals surface area contributed by atoms with E-state index in [0.29, 0.717) is 6.42 Å². The maximum absolute atomic E-state index is 13.9. The zero-order valence-corrected chi connectivity index (χ0v) is 13.1. The highest BCUT2D eigenvalue weighted by molar-refractivity contribution is 9.10. The van der Waals surface area contributed by atoms with Gasteiger partial charge in [-0.3, -0.25) is 0 Å². The zero-order chi connectivity index (χ0) is 13.9. The minimum absolute atomic E-state index is 0.122. The molecule has 0 saturated carbocycles. The third kappa shape index (κ3) is 3.56. The van der Waals surface area contributed by atoms with E-state index in [4.69, 9.17) is 4.74 Å². The van der Waals surface area contributed by atoms with E-state index in [1.165, 1.54) is 12.5 Å². The van der Waals surface area contributed by atoms with E-state index >= 15 is 0 Å². The number of halogens is 2. The van der Waals surface area contributed by atoms with E-state index in [0.717, 1.165) is 29.5 Å². The maximum atomic E-state index is 13.9. The molecule has 4 heteroatoms. The first-order valence-electron chi connectivity index (χ1n) is 6.80. The molecule has 0 aromatic heterocycles. The van der Waals surface area contributed by atoms with Gasteiger partial charge < -0.3 is 10.1 Å². The van der Waals surface area contributed by atoms with Gasteiger partial charge in [-0.1, -0.05) is 15.9 Å². The Hall–Kier alpha value is -0.450. The first-order chi connectivity index (χ1) is 9.05. The van der Waals surface area contributed by atoms with Crippen molar-refractivity contribution in [3.63, 3.8) is 0 Å². The molecule has 1 saturated heterocycles. The third-order valence-electron chi connectivity index (χ3n) is 4.02. The lowest BCUT2D eigenvalue weighted by Crippen LogP contribution is -2.52. The summed E-state index contributed by atoms with van der Waals surface area (Å²) in [5, 5.41) is 3.30. The van der Waals surface area contributed by atoms with E-state index in [-0.39, 0.29) is 17.5 Å². The first-order valence-corrected chi connectivity index (χ1v) is 7.59. The Bertz CT molecular complexity index is 432. The lowest BCUT2D eigenvalue weighted by atomic mass is 9.84. The molecule has 0 bridgehead atoms. The normalized spacial score (nSPS) is 25.3. The smallest absolute Gasteiger partial charge is 0.126 e. The van der Waals surface area contributed by atoms with Gasteiger partial charge in [0, 0.05) is 17.1 Å². The molecule has 1 aliphatic rings. The van der Waals surface area contributed by atoms with Gasteiger partial charge in [0.05, 0.1) is 5.60 Å². The van der Waals surface area contributed by atoms with Crippen molar-refractivity contribution < 1.29 is 9.13 Å². The van der Waals surface area contributed by atoms with Crippen LogP contribution in [0.15, 0.2) is 22.7 Å². The molecule has 2 rings (SSSR count). The van der Waals surface area contributed by atoms with Crippen LogP contribution in [-0.2, 0) is 11.2 Å². The van der Waals surface area contributed by atoms with Crippen LogP contribution in [0.1, 0.15) is 31.7 Å². The molecule has 1 aromatic carbocycles. The zero-order valence-electron chi connectivity index (χ0n) is 11.5. The molecule has 1 aromatic rings. The molecule has 106 valence electrons. The Morgan fingerprint density at radius 1 is 1.47 bits per heavy atom. The number of hydrogen-bond acceptors (Lipinski definition) is 2. The standard InChI is InChI=1S/C15H21BrFNO/c1-15(7-3-4-8-19-15)14(18-2)10-11-9-12(16)5-6-13(11)17/h5-6,9,14,18H,3-4,7-8,10H2,1-2H3. The van der Waals surface area contributed by atoms with Crippen LogP contribution >= 0.6 is 15.9 Å². The molecule has 0 aliphatic carbocycles. The Kier molecular flexibility index (Phi) is 4.98. The van der Waals surface area contributed by atoms with E-state index in [1.54, 1.807) is 6.07 Å². The topological polar surface area (TPSA) is 21.3 Å². The second-order valence-electron chi connectivity index (χ2n) is 5.40. The van der Waals surface area contributed by atoms with Crippen molar-refractivity contribution in [3.8, 4) is 0 Å². The quantitative estimate of drug-likeness (QED) is 0.909. The highest BCUT2D eigenvalue weighted by Gasteiger charge is 2.36. The van der Waals surface area contributed by atoms with Gasteiger partial charge in [-0.2, -0.15) is 0 Å².